The van der Waals surface area contributed by atoms with E-state index in [0.29, 0.717) is 18.8 Å². The molecule has 1 aliphatic rings. The highest BCUT2D eigenvalue weighted by Crippen LogP contribution is 2.24. The maximum Gasteiger partial charge on any atom is 0.317 e. The van der Waals surface area contributed by atoms with Crippen molar-refractivity contribution in [1.82, 2.24) is 9.80 Å². The van der Waals surface area contributed by atoms with Crippen molar-refractivity contribution in [3.8, 4) is 0 Å². The van der Waals surface area contributed by atoms with Crippen molar-refractivity contribution in [3.63, 3.8) is 0 Å². The number of likely N-dealkylation sites (tertiary alicyclic amines) is 1. The molecular formula is C21H26N2O3S. The van der Waals surface area contributed by atoms with Gasteiger partial charge in [0, 0.05) is 24.0 Å². The van der Waals surface area contributed by atoms with Crippen LogP contribution in [0.25, 0.3) is 10.8 Å². The van der Waals surface area contributed by atoms with Crippen LogP contribution in [-0.2, 0) is 9.59 Å². The first-order chi connectivity index (χ1) is 13.1. The Hall–Kier alpha value is -2.05. The monoisotopic (exact) mass is 386 g/mol. The van der Waals surface area contributed by atoms with Crippen molar-refractivity contribution < 1.29 is 14.7 Å². The number of benzene rings is 2. The Labute approximate surface area is 164 Å². The second-order valence-corrected chi connectivity index (χ2v) is 7.92. The van der Waals surface area contributed by atoms with Crippen LogP contribution in [-0.4, -0.2) is 64.8 Å². The Morgan fingerprint density at radius 3 is 2.52 bits per heavy atom. The first-order valence-corrected chi connectivity index (χ1v) is 10.4. The molecule has 1 fully saturated rings. The molecule has 1 saturated heterocycles. The van der Waals surface area contributed by atoms with Crippen molar-refractivity contribution in [2.45, 2.75) is 30.7 Å². The predicted octanol–water partition coefficient (Wildman–Crippen LogP) is 3.33. The summed E-state index contributed by atoms with van der Waals surface area (Å²) >= 11 is 1.58. The van der Waals surface area contributed by atoms with Crippen LogP contribution in [0.3, 0.4) is 0 Å². The molecule has 3 rings (SSSR count). The summed E-state index contributed by atoms with van der Waals surface area (Å²) in [6, 6.07) is 14.8. The minimum Gasteiger partial charge on any atom is -0.480 e. The molecular weight excluding hydrogens is 360 g/mol. The number of hydrogen-bond donors (Lipinski definition) is 1. The smallest absolute Gasteiger partial charge is 0.317 e. The number of carboxylic acid groups (broad SMARTS) is 1. The van der Waals surface area contributed by atoms with Crippen molar-refractivity contribution in [3.05, 3.63) is 42.5 Å². The Morgan fingerprint density at radius 1 is 1.15 bits per heavy atom. The van der Waals surface area contributed by atoms with Gasteiger partial charge in [0.25, 0.3) is 0 Å². The summed E-state index contributed by atoms with van der Waals surface area (Å²) in [5.74, 6) is -0.189. The molecule has 0 aliphatic carbocycles. The molecule has 0 atom stereocenters. The lowest BCUT2D eigenvalue weighted by atomic mass is 10.0. The zero-order chi connectivity index (χ0) is 19.2. The van der Waals surface area contributed by atoms with Gasteiger partial charge in [-0.25, -0.2) is 0 Å². The van der Waals surface area contributed by atoms with Gasteiger partial charge in [0.2, 0.25) is 5.91 Å². The fourth-order valence-corrected chi connectivity index (χ4v) is 4.49. The van der Waals surface area contributed by atoms with E-state index in [4.69, 9.17) is 5.11 Å². The Morgan fingerprint density at radius 2 is 1.85 bits per heavy atom. The number of piperidine rings is 1. The average Bonchev–Trinajstić information content (AvgIpc) is 2.70. The molecule has 0 bridgehead atoms. The summed E-state index contributed by atoms with van der Waals surface area (Å²) in [7, 11) is 0. The van der Waals surface area contributed by atoms with Crippen LogP contribution >= 0.6 is 11.8 Å². The molecule has 0 aromatic heterocycles. The van der Waals surface area contributed by atoms with Gasteiger partial charge in [-0.2, -0.15) is 0 Å². The molecule has 0 spiro atoms. The topological polar surface area (TPSA) is 60.9 Å². The van der Waals surface area contributed by atoms with Crippen LogP contribution in [0, 0.1) is 0 Å². The maximum atomic E-state index is 12.6. The molecule has 1 heterocycles. The van der Waals surface area contributed by atoms with Crippen molar-refractivity contribution in [1.29, 1.82) is 0 Å². The Bertz CT molecular complexity index is 803. The van der Waals surface area contributed by atoms with Gasteiger partial charge in [-0.05, 0) is 42.3 Å². The first-order valence-electron chi connectivity index (χ1n) is 9.42. The Kier molecular flexibility index (Phi) is 6.74. The highest BCUT2D eigenvalue weighted by Gasteiger charge is 2.27. The van der Waals surface area contributed by atoms with E-state index >= 15 is 0 Å². The van der Waals surface area contributed by atoms with E-state index in [1.54, 1.807) is 11.8 Å². The van der Waals surface area contributed by atoms with Gasteiger partial charge in [-0.1, -0.05) is 37.3 Å². The van der Waals surface area contributed by atoms with E-state index in [1.807, 2.05) is 28.9 Å². The van der Waals surface area contributed by atoms with E-state index in [9.17, 15) is 9.59 Å². The highest BCUT2D eigenvalue weighted by atomic mass is 32.2. The molecule has 5 nitrogen and oxygen atoms in total. The molecule has 2 aromatic carbocycles. The van der Waals surface area contributed by atoms with Crippen molar-refractivity contribution >= 4 is 34.4 Å². The van der Waals surface area contributed by atoms with Crippen LogP contribution in [0.4, 0.5) is 0 Å². The summed E-state index contributed by atoms with van der Waals surface area (Å²) in [5, 5.41) is 11.4. The number of aliphatic carboxylic acids is 1. The Balaban J connectivity index is 1.49. The molecule has 0 radical (unpaired) electrons. The second-order valence-electron chi connectivity index (χ2n) is 6.87. The summed E-state index contributed by atoms with van der Waals surface area (Å²) < 4.78 is 0. The summed E-state index contributed by atoms with van der Waals surface area (Å²) in [4.78, 5) is 28.5. The highest BCUT2D eigenvalue weighted by molar-refractivity contribution is 8.00. The third-order valence-corrected chi connectivity index (χ3v) is 6.14. The van der Waals surface area contributed by atoms with Crippen LogP contribution in [0.15, 0.2) is 47.4 Å². The van der Waals surface area contributed by atoms with Gasteiger partial charge in [-0.3, -0.25) is 14.5 Å². The predicted molar refractivity (Wildman–Crippen MR) is 109 cm³/mol. The maximum absolute atomic E-state index is 12.6. The average molecular weight is 387 g/mol. The van der Waals surface area contributed by atoms with E-state index < -0.39 is 5.97 Å². The normalized spacial score (nSPS) is 15.4. The van der Waals surface area contributed by atoms with Gasteiger partial charge < -0.3 is 10.0 Å². The fourth-order valence-electron chi connectivity index (χ4n) is 3.65. The third-order valence-electron chi connectivity index (χ3n) is 5.16. The van der Waals surface area contributed by atoms with E-state index in [-0.39, 0.29) is 18.5 Å². The summed E-state index contributed by atoms with van der Waals surface area (Å²) in [6.45, 7) is 4.20. The van der Waals surface area contributed by atoms with Crippen molar-refractivity contribution in [2.24, 2.45) is 0 Å². The second kappa shape index (κ2) is 9.24. The number of carbonyl (C=O) groups excluding carboxylic acids is 1. The molecule has 2 aromatic rings. The number of carboxylic acids is 1. The fraction of sp³-hybridized carbons (Fsp3) is 0.429. The lowest BCUT2D eigenvalue weighted by Crippen LogP contribution is -2.48. The lowest BCUT2D eigenvalue weighted by molar-refractivity contribution is -0.140. The number of rotatable bonds is 7. The molecule has 144 valence electrons. The molecule has 1 aliphatic heterocycles. The van der Waals surface area contributed by atoms with E-state index in [0.717, 1.165) is 24.3 Å². The number of thioether (sulfide) groups is 1. The SMILES string of the molecule is CCN(CC(=O)O)C1CCN(C(=O)CSc2ccc3ccccc3c2)CC1. The van der Waals surface area contributed by atoms with Gasteiger partial charge in [-0.15, -0.1) is 11.8 Å². The van der Waals surface area contributed by atoms with Gasteiger partial charge >= 0.3 is 5.97 Å². The summed E-state index contributed by atoms with van der Waals surface area (Å²) in [5.41, 5.74) is 0. The zero-order valence-corrected chi connectivity index (χ0v) is 16.5. The molecule has 0 saturated carbocycles. The third kappa shape index (κ3) is 5.23. The molecule has 1 amide bonds. The van der Waals surface area contributed by atoms with Crippen molar-refractivity contribution in [2.75, 3.05) is 31.9 Å². The molecule has 27 heavy (non-hydrogen) atoms. The largest absolute Gasteiger partial charge is 0.480 e. The van der Waals surface area contributed by atoms with Gasteiger partial charge in [0.1, 0.15) is 0 Å². The number of fused-ring (bicyclic) bond motifs is 1. The number of amides is 1. The number of nitrogens with zero attached hydrogens (tertiary/aromatic N) is 2. The van der Waals surface area contributed by atoms with E-state index in [1.165, 1.54) is 10.8 Å². The lowest BCUT2D eigenvalue weighted by Gasteiger charge is -2.37. The number of carbonyl (C=O) groups is 2. The van der Waals surface area contributed by atoms with Gasteiger partial charge in [0.15, 0.2) is 0 Å². The van der Waals surface area contributed by atoms with Gasteiger partial charge in [0.05, 0.1) is 12.3 Å². The van der Waals surface area contributed by atoms with Crippen LogP contribution in [0.5, 0.6) is 0 Å². The minimum absolute atomic E-state index is 0.0763. The molecule has 6 heteroatoms. The van der Waals surface area contributed by atoms with Crippen LogP contribution in [0.2, 0.25) is 0 Å². The van der Waals surface area contributed by atoms with E-state index in [2.05, 4.69) is 30.3 Å². The van der Waals surface area contributed by atoms with Crippen LogP contribution < -0.4 is 0 Å². The minimum atomic E-state index is -0.790. The first kappa shape index (κ1) is 19.7. The molecule has 0 unspecified atom stereocenters. The quantitative estimate of drug-likeness (QED) is 0.740. The number of hydrogen-bond acceptors (Lipinski definition) is 4. The van der Waals surface area contributed by atoms with Crippen LogP contribution in [0.1, 0.15) is 19.8 Å². The zero-order valence-electron chi connectivity index (χ0n) is 15.6. The summed E-state index contributed by atoms with van der Waals surface area (Å²) in [6.07, 6.45) is 1.68. The number of likely N-dealkylation sites (N-methyl/N-ethyl adjacent to an activating group) is 1. The molecule has 1 N–H and O–H groups in total. The standard InChI is InChI=1S/C21H26N2O3S/c1-2-22(14-21(25)26)18-9-11-23(12-10-18)20(24)15-27-19-8-7-16-5-3-4-6-17(16)13-19/h3-8,13,18H,2,9-12,14-15H2,1H3,(H,25,26).